The van der Waals surface area contributed by atoms with Gasteiger partial charge in [-0.25, -0.2) is 0 Å². The van der Waals surface area contributed by atoms with E-state index in [-0.39, 0.29) is 11.2 Å². The fourth-order valence-electron chi connectivity index (χ4n) is 3.31. The van der Waals surface area contributed by atoms with Crippen molar-refractivity contribution in [1.29, 1.82) is 0 Å². The first-order valence-electron chi connectivity index (χ1n) is 8.19. The van der Waals surface area contributed by atoms with Crippen molar-refractivity contribution in [2.45, 2.75) is 66.8 Å². The van der Waals surface area contributed by atoms with Crippen LogP contribution in [-0.4, -0.2) is 15.3 Å². The zero-order valence-corrected chi connectivity index (χ0v) is 14.3. The summed E-state index contributed by atoms with van der Waals surface area (Å²) < 4.78 is 2.25. The molecule has 22 heavy (non-hydrogen) atoms. The molecule has 4 nitrogen and oxygen atoms in total. The second-order valence-electron chi connectivity index (χ2n) is 6.05. The summed E-state index contributed by atoms with van der Waals surface area (Å²) in [6.45, 7) is 10.5. The number of Topliss-reactive ketones (excluding diaryl/α,β-unsaturated/α-hetero) is 1. The molecule has 0 spiro atoms. The smallest absolute Gasteiger partial charge is 0.202 e. The van der Waals surface area contributed by atoms with Crippen LogP contribution in [0.2, 0.25) is 0 Å². The van der Waals surface area contributed by atoms with Crippen LogP contribution in [0.25, 0.3) is 10.9 Å². The highest BCUT2D eigenvalue weighted by atomic mass is 16.1. The molecule has 120 valence electrons. The second-order valence-corrected chi connectivity index (χ2v) is 6.05. The van der Waals surface area contributed by atoms with Gasteiger partial charge in [0.25, 0.3) is 0 Å². The number of carbonyl (C=O) groups is 1. The van der Waals surface area contributed by atoms with E-state index >= 15 is 0 Å². The topological polar surface area (TPSA) is 54.9 Å². The number of aromatic nitrogens is 2. The highest BCUT2D eigenvalue weighted by Gasteiger charge is 2.21. The number of nitrogens with one attached hydrogen (secondary N) is 1. The number of rotatable bonds is 6. The molecule has 0 bridgehead atoms. The Labute approximate surface area is 131 Å². The molecule has 2 aromatic heterocycles. The number of H-pyrrole nitrogens is 1. The molecule has 0 unspecified atom stereocenters. The number of pyridine rings is 1. The number of aromatic amines is 1. The Morgan fingerprint density at radius 1 is 1.18 bits per heavy atom. The van der Waals surface area contributed by atoms with Crippen LogP contribution >= 0.6 is 0 Å². The summed E-state index contributed by atoms with van der Waals surface area (Å²) in [6.07, 6.45) is 4.19. The van der Waals surface area contributed by atoms with E-state index in [1.54, 1.807) is 0 Å². The molecule has 0 radical (unpaired) electrons. The Bertz CT molecular complexity index is 766. The highest BCUT2D eigenvalue weighted by Crippen LogP contribution is 2.25. The van der Waals surface area contributed by atoms with Gasteiger partial charge in [-0.1, -0.05) is 20.3 Å². The van der Waals surface area contributed by atoms with Crippen molar-refractivity contribution in [3.05, 3.63) is 32.9 Å². The van der Waals surface area contributed by atoms with Crippen LogP contribution in [0.4, 0.5) is 0 Å². The maximum absolute atomic E-state index is 12.8. The Morgan fingerprint density at radius 3 is 2.41 bits per heavy atom. The second kappa shape index (κ2) is 6.51. The summed E-state index contributed by atoms with van der Waals surface area (Å²) in [6, 6.07) is 0. The van der Waals surface area contributed by atoms with Gasteiger partial charge in [0.2, 0.25) is 5.43 Å². The van der Waals surface area contributed by atoms with E-state index in [4.69, 9.17) is 0 Å². The van der Waals surface area contributed by atoms with E-state index in [0.29, 0.717) is 16.6 Å². The maximum Gasteiger partial charge on any atom is 0.202 e. The molecule has 0 aliphatic heterocycles. The van der Waals surface area contributed by atoms with Crippen molar-refractivity contribution in [3.63, 3.8) is 0 Å². The van der Waals surface area contributed by atoms with Gasteiger partial charge in [0.05, 0.1) is 16.5 Å². The lowest BCUT2D eigenvalue weighted by Gasteiger charge is -2.10. The zero-order chi connectivity index (χ0) is 16.4. The Kier molecular flexibility index (Phi) is 4.89. The van der Waals surface area contributed by atoms with Crippen LogP contribution in [-0.2, 0) is 13.0 Å². The van der Waals surface area contributed by atoms with Crippen molar-refractivity contribution in [2.75, 3.05) is 0 Å². The van der Waals surface area contributed by atoms with Gasteiger partial charge < -0.3 is 9.55 Å². The van der Waals surface area contributed by atoms with Crippen molar-refractivity contribution in [1.82, 2.24) is 9.55 Å². The summed E-state index contributed by atoms with van der Waals surface area (Å²) in [5.74, 6) is -0.168. The van der Waals surface area contributed by atoms with Crippen molar-refractivity contribution in [3.8, 4) is 0 Å². The van der Waals surface area contributed by atoms with Gasteiger partial charge in [0.15, 0.2) is 5.78 Å². The quantitative estimate of drug-likeness (QED) is 0.823. The third kappa shape index (κ3) is 2.62. The molecule has 2 rings (SSSR count). The molecule has 0 fully saturated rings. The average molecular weight is 302 g/mol. The van der Waals surface area contributed by atoms with E-state index in [9.17, 15) is 9.59 Å². The van der Waals surface area contributed by atoms with Crippen LogP contribution in [0, 0.1) is 13.8 Å². The number of hydrogen-bond acceptors (Lipinski definition) is 2. The van der Waals surface area contributed by atoms with Gasteiger partial charge in [0, 0.05) is 23.6 Å². The normalized spacial score (nSPS) is 11.3. The number of hydrogen-bond donors (Lipinski definition) is 1. The molecule has 0 saturated heterocycles. The third-order valence-corrected chi connectivity index (χ3v) is 4.34. The monoisotopic (exact) mass is 302 g/mol. The summed E-state index contributed by atoms with van der Waals surface area (Å²) in [5, 5.41) is 0.690. The Hall–Kier alpha value is -1.84. The van der Waals surface area contributed by atoms with E-state index in [2.05, 4.69) is 23.4 Å². The molecule has 2 heterocycles. The lowest BCUT2D eigenvalue weighted by Crippen LogP contribution is -2.17. The third-order valence-electron chi connectivity index (χ3n) is 4.34. The van der Waals surface area contributed by atoms with Crippen LogP contribution < -0.4 is 5.43 Å². The van der Waals surface area contributed by atoms with E-state index in [0.717, 1.165) is 43.4 Å². The van der Waals surface area contributed by atoms with Crippen molar-refractivity contribution in [2.24, 2.45) is 0 Å². The minimum Gasteiger partial charge on any atom is -0.356 e. The minimum atomic E-state index is -0.168. The average Bonchev–Trinajstić information content (AvgIpc) is 2.69. The number of unbranched alkanes of at least 4 members (excludes halogenated alkanes) is 1. The first-order valence-corrected chi connectivity index (χ1v) is 8.19. The van der Waals surface area contributed by atoms with Gasteiger partial charge in [0.1, 0.15) is 0 Å². The minimum absolute atomic E-state index is 0.121. The van der Waals surface area contributed by atoms with Crippen LogP contribution in [0.5, 0.6) is 0 Å². The van der Waals surface area contributed by atoms with Gasteiger partial charge in [-0.2, -0.15) is 0 Å². The zero-order valence-electron chi connectivity index (χ0n) is 14.3. The first kappa shape index (κ1) is 16.5. The molecule has 0 aromatic carbocycles. The van der Waals surface area contributed by atoms with Gasteiger partial charge >= 0.3 is 0 Å². The summed E-state index contributed by atoms with van der Waals surface area (Å²) in [4.78, 5) is 27.9. The molecule has 0 saturated carbocycles. The van der Waals surface area contributed by atoms with Crippen LogP contribution in [0.3, 0.4) is 0 Å². The molecule has 4 heteroatoms. The van der Waals surface area contributed by atoms with Gasteiger partial charge in [-0.3, -0.25) is 9.59 Å². The molecular formula is C18H26N2O2. The maximum atomic E-state index is 12.8. The van der Waals surface area contributed by atoms with Crippen molar-refractivity contribution < 1.29 is 4.79 Å². The lowest BCUT2D eigenvalue weighted by atomic mass is 10.1. The largest absolute Gasteiger partial charge is 0.356 e. The highest BCUT2D eigenvalue weighted by molar-refractivity contribution is 5.99. The molecule has 2 aromatic rings. The van der Waals surface area contributed by atoms with E-state index in [1.807, 2.05) is 13.8 Å². The summed E-state index contributed by atoms with van der Waals surface area (Å²) >= 11 is 0. The standard InChI is InChI=1S/C18H26N2O2/c1-6-8-9-14-17-16(12(4)20(14)10-7-2)18(22)15(13(5)21)11(3)19-17/h19H,6-10H2,1-5H3. The molecule has 1 N–H and O–H groups in total. The van der Waals surface area contributed by atoms with Gasteiger partial charge in [-0.05, 0) is 40.0 Å². The number of fused-ring (bicyclic) bond motifs is 1. The van der Waals surface area contributed by atoms with Crippen molar-refractivity contribution >= 4 is 16.7 Å². The fourth-order valence-corrected chi connectivity index (χ4v) is 3.31. The number of aryl methyl sites for hydroxylation is 3. The fraction of sp³-hybridized carbons (Fsp3) is 0.556. The molecule has 0 atom stereocenters. The van der Waals surface area contributed by atoms with E-state index < -0.39 is 0 Å². The molecule has 0 amide bonds. The molecule has 0 aliphatic carbocycles. The number of nitrogens with zero attached hydrogens (tertiary/aromatic N) is 1. The van der Waals surface area contributed by atoms with E-state index in [1.165, 1.54) is 12.6 Å². The molecule has 0 aliphatic rings. The van der Waals surface area contributed by atoms with Gasteiger partial charge in [-0.15, -0.1) is 0 Å². The Morgan fingerprint density at radius 2 is 1.86 bits per heavy atom. The first-order chi connectivity index (χ1) is 10.4. The predicted octanol–water partition coefficient (Wildman–Crippen LogP) is 3.90. The number of ketones is 1. The molecular weight excluding hydrogens is 276 g/mol. The number of carbonyl (C=O) groups excluding carboxylic acids is 1. The lowest BCUT2D eigenvalue weighted by molar-refractivity contribution is 0.101. The predicted molar refractivity (Wildman–Crippen MR) is 90.9 cm³/mol. The van der Waals surface area contributed by atoms with Crippen LogP contribution in [0.15, 0.2) is 4.79 Å². The Balaban J connectivity index is 2.84. The summed E-state index contributed by atoms with van der Waals surface area (Å²) in [7, 11) is 0. The van der Waals surface area contributed by atoms with Crippen LogP contribution in [0.1, 0.15) is 67.5 Å². The summed E-state index contributed by atoms with van der Waals surface area (Å²) in [5.41, 5.74) is 3.96. The SMILES string of the molecule is CCCCc1c2[nH]c(C)c(C(C)=O)c(=O)c2c(C)n1CCC.